The van der Waals surface area contributed by atoms with Gasteiger partial charge in [0, 0.05) is 5.57 Å². The summed E-state index contributed by atoms with van der Waals surface area (Å²) < 4.78 is 0. The Morgan fingerprint density at radius 2 is 1.93 bits per heavy atom. The standard InChI is InChI=1S/C11H12N2O2/c1-11(2,3)7-4-8(14)9-6(10(7)15)5-12-13-9/h4-5H,1-3H3,(H,12,13). The molecule has 1 aliphatic carbocycles. The highest BCUT2D eigenvalue weighted by molar-refractivity contribution is 6.24. The largest absolute Gasteiger partial charge is 0.289 e. The van der Waals surface area contributed by atoms with Crippen molar-refractivity contribution in [1.29, 1.82) is 0 Å². The highest BCUT2D eigenvalue weighted by atomic mass is 16.1. The third-order valence-corrected chi connectivity index (χ3v) is 2.46. The molecule has 4 heteroatoms. The molecule has 0 unspecified atom stereocenters. The summed E-state index contributed by atoms with van der Waals surface area (Å²) >= 11 is 0. The second-order valence-corrected chi connectivity index (χ2v) is 4.66. The predicted octanol–water partition coefficient (Wildman–Crippen LogP) is 1.76. The normalized spacial score (nSPS) is 16.3. The first kappa shape index (κ1) is 9.83. The second kappa shape index (κ2) is 2.89. The topological polar surface area (TPSA) is 62.8 Å². The zero-order chi connectivity index (χ0) is 11.2. The van der Waals surface area contributed by atoms with Gasteiger partial charge in [0.05, 0.1) is 11.8 Å². The smallest absolute Gasteiger partial charge is 0.204 e. The van der Waals surface area contributed by atoms with E-state index in [1.165, 1.54) is 12.3 Å². The van der Waals surface area contributed by atoms with Crippen molar-refractivity contribution >= 4 is 11.6 Å². The fourth-order valence-electron chi connectivity index (χ4n) is 1.62. The van der Waals surface area contributed by atoms with Gasteiger partial charge in [-0.25, -0.2) is 0 Å². The lowest BCUT2D eigenvalue weighted by molar-refractivity contribution is 0.0965. The minimum absolute atomic E-state index is 0.106. The van der Waals surface area contributed by atoms with Crippen LogP contribution in [0.15, 0.2) is 17.8 Å². The number of carbonyl (C=O) groups excluding carboxylic acids is 2. The number of hydrogen-bond donors (Lipinski definition) is 1. The van der Waals surface area contributed by atoms with Crippen LogP contribution in [0.2, 0.25) is 0 Å². The number of carbonyl (C=O) groups is 2. The molecular formula is C11H12N2O2. The van der Waals surface area contributed by atoms with E-state index in [1.54, 1.807) is 0 Å². The van der Waals surface area contributed by atoms with Crippen molar-refractivity contribution < 1.29 is 9.59 Å². The molecule has 1 aromatic heterocycles. The van der Waals surface area contributed by atoms with Gasteiger partial charge in [-0.15, -0.1) is 0 Å². The van der Waals surface area contributed by atoms with E-state index < -0.39 is 0 Å². The third kappa shape index (κ3) is 1.42. The molecule has 1 N–H and O–H groups in total. The molecule has 2 rings (SSSR count). The molecule has 0 saturated carbocycles. The number of aromatic nitrogens is 2. The van der Waals surface area contributed by atoms with E-state index >= 15 is 0 Å². The maximum Gasteiger partial charge on any atom is 0.204 e. The minimum atomic E-state index is -0.318. The average Bonchev–Trinajstić information content (AvgIpc) is 2.58. The van der Waals surface area contributed by atoms with E-state index in [4.69, 9.17) is 0 Å². The van der Waals surface area contributed by atoms with Crippen LogP contribution in [0.3, 0.4) is 0 Å². The van der Waals surface area contributed by atoms with Crippen LogP contribution >= 0.6 is 0 Å². The molecule has 0 spiro atoms. The van der Waals surface area contributed by atoms with Crippen molar-refractivity contribution in [3.63, 3.8) is 0 Å². The zero-order valence-corrected chi connectivity index (χ0v) is 8.92. The van der Waals surface area contributed by atoms with E-state index in [-0.39, 0.29) is 17.0 Å². The number of rotatable bonds is 0. The molecule has 4 nitrogen and oxygen atoms in total. The van der Waals surface area contributed by atoms with E-state index in [1.807, 2.05) is 20.8 Å². The molecule has 1 heterocycles. The Labute approximate surface area is 87.4 Å². The Morgan fingerprint density at radius 3 is 2.53 bits per heavy atom. The number of aromatic amines is 1. The Hall–Kier alpha value is -1.71. The first-order valence-electron chi connectivity index (χ1n) is 4.76. The average molecular weight is 204 g/mol. The highest BCUT2D eigenvalue weighted by Gasteiger charge is 2.33. The lowest BCUT2D eigenvalue weighted by atomic mass is 9.78. The van der Waals surface area contributed by atoms with Gasteiger partial charge in [-0.05, 0) is 11.5 Å². The maximum atomic E-state index is 12.0. The van der Waals surface area contributed by atoms with Gasteiger partial charge >= 0.3 is 0 Å². The molecule has 15 heavy (non-hydrogen) atoms. The summed E-state index contributed by atoms with van der Waals surface area (Å²) in [7, 11) is 0. The third-order valence-electron chi connectivity index (χ3n) is 2.46. The number of allylic oxidation sites excluding steroid dienone is 2. The van der Waals surface area contributed by atoms with Gasteiger partial charge in [0.15, 0.2) is 5.78 Å². The summed E-state index contributed by atoms with van der Waals surface area (Å²) in [5.74, 6) is -0.280. The van der Waals surface area contributed by atoms with E-state index in [0.29, 0.717) is 16.8 Å². The molecule has 0 fully saturated rings. The van der Waals surface area contributed by atoms with Crippen LogP contribution in [-0.2, 0) is 0 Å². The summed E-state index contributed by atoms with van der Waals surface area (Å²) in [6, 6.07) is 0. The van der Waals surface area contributed by atoms with Crippen molar-refractivity contribution in [3.8, 4) is 0 Å². The molecule has 1 aliphatic rings. The quantitative estimate of drug-likeness (QED) is 0.700. The second-order valence-electron chi connectivity index (χ2n) is 4.66. The van der Waals surface area contributed by atoms with Crippen LogP contribution in [0.4, 0.5) is 0 Å². The number of nitrogens with zero attached hydrogens (tertiary/aromatic N) is 1. The van der Waals surface area contributed by atoms with Crippen LogP contribution in [0.5, 0.6) is 0 Å². The van der Waals surface area contributed by atoms with Crippen molar-refractivity contribution in [3.05, 3.63) is 29.1 Å². The van der Waals surface area contributed by atoms with Crippen molar-refractivity contribution in [2.75, 3.05) is 0 Å². The number of H-pyrrole nitrogens is 1. The summed E-state index contributed by atoms with van der Waals surface area (Å²) in [6.07, 6.45) is 2.82. The number of fused-ring (bicyclic) bond motifs is 1. The van der Waals surface area contributed by atoms with Crippen LogP contribution in [0, 0.1) is 5.41 Å². The first-order valence-corrected chi connectivity index (χ1v) is 4.76. The number of Topliss-reactive ketones (excluding diaryl/α,β-unsaturated/α-hetero) is 1. The lowest BCUT2D eigenvalue weighted by Crippen LogP contribution is -2.24. The Balaban J connectivity index is 2.57. The van der Waals surface area contributed by atoms with Gasteiger partial charge in [-0.1, -0.05) is 20.8 Å². The van der Waals surface area contributed by atoms with Gasteiger partial charge in [0.2, 0.25) is 5.78 Å². The Bertz CT molecular complexity index is 475. The monoisotopic (exact) mass is 204 g/mol. The van der Waals surface area contributed by atoms with Gasteiger partial charge in [0.1, 0.15) is 5.69 Å². The number of nitrogens with one attached hydrogen (secondary N) is 1. The van der Waals surface area contributed by atoms with Gasteiger partial charge < -0.3 is 0 Å². The lowest BCUT2D eigenvalue weighted by Gasteiger charge is -2.23. The molecule has 0 aromatic carbocycles. The van der Waals surface area contributed by atoms with Crippen LogP contribution in [-0.4, -0.2) is 21.8 Å². The van der Waals surface area contributed by atoms with E-state index in [9.17, 15) is 9.59 Å². The summed E-state index contributed by atoms with van der Waals surface area (Å²) in [6.45, 7) is 5.74. The van der Waals surface area contributed by atoms with E-state index in [2.05, 4.69) is 10.2 Å². The fraction of sp³-hybridized carbons (Fsp3) is 0.364. The zero-order valence-electron chi connectivity index (χ0n) is 8.92. The Kier molecular flexibility index (Phi) is 1.89. The minimum Gasteiger partial charge on any atom is -0.289 e. The van der Waals surface area contributed by atoms with Crippen LogP contribution in [0.25, 0.3) is 0 Å². The molecule has 0 radical (unpaired) electrons. The summed E-state index contributed by atoms with van der Waals surface area (Å²) in [5, 5.41) is 6.27. The molecule has 0 aliphatic heterocycles. The van der Waals surface area contributed by atoms with Gasteiger partial charge in [-0.3, -0.25) is 14.7 Å². The van der Waals surface area contributed by atoms with E-state index in [0.717, 1.165) is 0 Å². The Morgan fingerprint density at radius 1 is 1.27 bits per heavy atom. The first-order chi connectivity index (χ1) is 6.91. The summed E-state index contributed by atoms with van der Waals surface area (Å²) in [4.78, 5) is 23.6. The molecule has 0 bridgehead atoms. The predicted molar refractivity (Wildman–Crippen MR) is 54.8 cm³/mol. The van der Waals surface area contributed by atoms with Crippen LogP contribution in [0.1, 0.15) is 41.6 Å². The SMILES string of the molecule is CC(C)(C)C1=CC(=O)c2[nH]ncc2C1=O. The van der Waals surface area contributed by atoms with Crippen molar-refractivity contribution in [2.45, 2.75) is 20.8 Å². The van der Waals surface area contributed by atoms with Gasteiger partial charge in [0.25, 0.3) is 0 Å². The van der Waals surface area contributed by atoms with Crippen molar-refractivity contribution in [2.24, 2.45) is 5.41 Å². The molecule has 78 valence electrons. The summed E-state index contributed by atoms with van der Waals surface area (Å²) in [5.41, 5.74) is 0.906. The number of ketones is 2. The number of hydrogen-bond acceptors (Lipinski definition) is 3. The molecule has 1 aromatic rings. The molecular weight excluding hydrogens is 192 g/mol. The highest BCUT2D eigenvalue weighted by Crippen LogP contribution is 2.32. The van der Waals surface area contributed by atoms with Crippen molar-refractivity contribution in [1.82, 2.24) is 10.2 Å². The maximum absolute atomic E-state index is 12.0. The molecule has 0 atom stereocenters. The van der Waals surface area contributed by atoms with Crippen LogP contribution < -0.4 is 0 Å². The fourth-order valence-corrected chi connectivity index (χ4v) is 1.62. The van der Waals surface area contributed by atoms with Gasteiger partial charge in [-0.2, -0.15) is 5.10 Å². The molecule has 0 amide bonds. The molecule has 0 saturated heterocycles.